The number of aromatic nitrogens is 4. The summed E-state index contributed by atoms with van der Waals surface area (Å²) in [5, 5.41) is 3.69. The third-order valence-corrected chi connectivity index (χ3v) is 3.63. The van der Waals surface area contributed by atoms with Crippen LogP contribution in [0.1, 0.15) is 6.92 Å². The second-order valence-corrected chi connectivity index (χ2v) is 4.83. The zero-order valence-electron chi connectivity index (χ0n) is 10.5. The summed E-state index contributed by atoms with van der Waals surface area (Å²) < 4.78 is 10.1. The Morgan fingerprint density at radius 1 is 1.50 bits per heavy atom. The number of nitrogens with zero attached hydrogens (tertiary/aromatic N) is 3. The van der Waals surface area contributed by atoms with Gasteiger partial charge in [-0.15, -0.1) is 11.3 Å². The van der Waals surface area contributed by atoms with Gasteiger partial charge in [-0.2, -0.15) is 0 Å². The Hall–Kier alpha value is -2.48. The Morgan fingerprint density at radius 2 is 2.40 bits per heavy atom. The molecule has 0 bridgehead atoms. The minimum Gasteiger partial charge on any atom is -0.492 e. The third-order valence-electron chi connectivity index (χ3n) is 2.49. The van der Waals surface area contributed by atoms with Gasteiger partial charge in [-0.3, -0.25) is 9.51 Å². The molecule has 0 atom stereocenters. The Morgan fingerprint density at radius 3 is 3.05 bits per heavy atom. The fourth-order valence-electron chi connectivity index (χ4n) is 1.69. The van der Waals surface area contributed by atoms with E-state index >= 15 is 0 Å². The fraction of sp³-hybridized carbons (Fsp3) is 0.167. The van der Waals surface area contributed by atoms with Crippen LogP contribution in [0.3, 0.4) is 0 Å². The van der Waals surface area contributed by atoms with Gasteiger partial charge in [-0.05, 0) is 13.0 Å². The number of rotatable bonds is 4. The van der Waals surface area contributed by atoms with Crippen molar-refractivity contribution in [1.29, 1.82) is 0 Å². The molecule has 0 aliphatic rings. The van der Waals surface area contributed by atoms with Crippen molar-refractivity contribution < 1.29 is 9.26 Å². The number of hydrogen-bond acceptors (Lipinski definition) is 7. The third kappa shape index (κ3) is 2.32. The summed E-state index contributed by atoms with van der Waals surface area (Å²) in [5.74, 6) is 0.388. The van der Waals surface area contributed by atoms with Gasteiger partial charge in [0.1, 0.15) is 17.0 Å². The van der Waals surface area contributed by atoms with Crippen molar-refractivity contribution in [3.05, 3.63) is 35.2 Å². The zero-order valence-corrected chi connectivity index (χ0v) is 11.3. The van der Waals surface area contributed by atoms with Crippen molar-refractivity contribution in [3.63, 3.8) is 0 Å². The monoisotopic (exact) mass is 290 g/mol. The van der Waals surface area contributed by atoms with Crippen LogP contribution in [-0.2, 0) is 0 Å². The molecule has 8 heteroatoms. The second-order valence-electron chi connectivity index (χ2n) is 3.78. The summed E-state index contributed by atoms with van der Waals surface area (Å²) in [7, 11) is 0. The van der Waals surface area contributed by atoms with Crippen molar-refractivity contribution in [2.75, 3.05) is 6.61 Å². The van der Waals surface area contributed by atoms with Crippen molar-refractivity contribution in [2.24, 2.45) is 0 Å². The van der Waals surface area contributed by atoms with Crippen LogP contribution in [0.25, 0.3) is 21.3 Å². The van der Waals surface area contributed by atoms with Crippen LogP contribution < -0.4 is 10.5 Å². The Balaban J connectivity index is 2.09. The number of aromatic amines is 1. The lowest BCUT2D eigenvalue weighted by Gasteiger charge is -2.00. The van der Waals surface area contributed by atoms with E-state index in [1.54, 1.807) is 12.3 Å². The van der Waals surface area contributed by atoms with Crippen LogP contribution in [0.2, 0.25) is 0 Å². The van der Waals surface area contributed by atoms with Gasteiger partial charge < -0.3 is 4.74 Å². The minimum absolute atomic E-state index is 0.351. The van der Waals surface area contributed by atoms with E-state index in [2.05, 4.69) is 24.6 Å². The summed E-state index contributed by atoms with van der Waals surface area (Å²) in [6.45, 7) is 2.40. The van der Waals surface area contributed by atoms with E-state index in [1.165, 1.54) is 17.7 Å². The molecule has 0 saturated carbocycles. The Kier molecular flexibility index (Phi) is 3.30. The highest BCUT2D eigenvalue weighted by Gasteiger charge is 2.17. The summed E-state index contributed by atoms with van der Waals surface area (Å²) >= 11 is 1.41. The molecule has 3 rings (SSSR count). The molecule has 7 nitrogen and oxygen atoms in total. The van der Waals surface area contributed by atoms with E-state index in [0.717, 1.165) is 10.6 Å². The van der Waals surface area contributed by atoms with Gasteiger partial charge in [-0.25, -0.2) is 14.8 Å². The first-order chi connectivity index (χ1) is 9.78. The lowest BCUT2D eigenvalue weighted by Crippen LogP contribution is -1.95. The van der Waals surface area contributed by atoms with Gasteiger partial charge in [-0.1, -0.05) is 5.16 Å². The summed E-state index contributed by atoms with van der Waals surface area (Å²) in [6, 6.07) is 3.66. The van der Waals surface area contributed by atoms with Crippen molar-refractivity contribution in [1.82, 2.24) is 20.1 Å². The molecule has 0 radical (unpaired) electrons. The molecule has 20 heavy (non-hydrogen) atoms. The first-order valence-electron chi connectivity index (χ1n) is 5.87. The molecule has 3 aromatic heterocycles. The highest BCUT2D eigenvalue weighted by atomic mass is 32.1. The van der Waals surface area contributed by atoms with E-state index in [9.17, 15) is 4.79 Å². The predicted molar refractivity (Wildman–Crippen MR) is 72.6 cm³/mol. The van der Waals surface area contributed by atoms with E-state index in [4.69, 9.17) is 4.74 Å². The molecule has 0 aliphatic heterocycles. The smallest absolute Gasteiger partial charge is 0.439 e. The van der Waals surface area contributed by atoms with Crippen molar-refractivity contribution >= 4 is 11.3 Å². The topological polar surface area (TPSA) is 93.9 Å². The SMILES string of the molecule is CCOc1cc(-c2ccncn2)sc1-c1noc(=O)[nH]1. The summed E-state index contributed by atoms with van der Waals surface area (Å²) in [6.07, 6.45) is 3.15. The lowest BCUT2D eigenvalue weighted by molar-refractivity contribution is 0.342. The quantitative estimate of drug-likeness (QED) is 0.789. The number of H-pyrrole nitrogens is 1. The number of hydrogen-bond donors (Lipinski definition) is 1. The van der Waals surface area contributed by atoms with E-state index in [-0.39, 0.29) is 0 Å². The molecular formula is C12H10N4O3S. The molecule has 0 unspecified atom stereocenters. The van der Waals surface area contributed by atoms with Crippen LogP contribution in [0.5, 0.6) is 5.75 Å². The van der Waals surface area contributed by atoms with Gasteiger partial charge >= 0.3 is 5.76 Å². The van der Waals surface area contributed by atoms with Gasteiger partial charge in [0.05, 0.1) is 17.2 Å². The van der Waals surface area contributed by atoms with Gasteiger partial charge in [0, 0.05) is 12.3 Å². The van der Waals surface area contributed by atoms with E-state index in [0.29, 0.717) is 23.1 Å². The number of ether oxygens (including phenoxy) is 1. The van der Waals surface area contributed by atoms with E-state index < -0.39 is 5.76 Å². The first kappa shape index (κ1) is 12.5. The average Bonchev–Trinajstić information content (AvgIpc) is 3.07. The molecule has 0 spiro atoms. The highest BCUT2D eigenvalue weighted by molar-refractivity contribution is 7.19. The summed E-state index contributed by atoms with van der Waals surface area (Å²) in [4.78, 5) is 23.3. The largest absolute Gasteiger partial charge is 0.492 e. The second kappa shape index (κ2) is 5.25. The molecule has 102 valence electrons. The minimum atomic E-state index is -0.598. The molecule has 1 N–H and O–H groups in total. The van der Waals surface area contributed by atoms with Crippen LogP contribution >= 0.6 is 11.3 Å². The Labute approximate surface area is 117 Å². The van der Waals surface area contributed by atoms with Gasteiger partial charge in [0.25, 0.3) is 0 Å². The van der Waals surface area contributed by atoms with Gasteiger partial charge in [0.2, 0.25) is 0 Å². The van der Waals surface area contributed by atoms with Crippen LogP contribution in [0.4, 0.5) is 0 Å². The molecule has 3 heterocycles. The van der Waals surface area contributed by atoms with E-state index in [1.807, 2.05) is 13.0 Å². The van der Waals surface area contributed by atoms with Crippen molar-refractivity contribution in [3.8, 4) is 27.0 Å². The van der Waals surface area contributed by atoms with Crippen LogP contribution in [0, 0.1) is 0 Å². The van der Waals surface area contributed by atoms with Gasteiger partial charge in [0.15, 0.2) is 5.82 Å². The molecule has 0 fully saturated rings. The number of thiophene rings is 1. The molecular weight excluding hydrogens is 280 g/mol. The summed E-state index contributed by atoms with van der Waals surface area (Å²) in [5.41, 5.74) is 0.781. The fourth-order valence-corrected chi connectivity index (χ4v) is 2.71. The molecule has 0 aromatic carbocycles. The standard InChI is InChI=1S/C12H10N4O3S/c1-2-18-8-5-9(7-3-4-13-6-14-7)20-10(8)11-15-12(17)19-16-11/h3-6H,2H2,1H3,(H,15,16,17). The maximum absolute atomic E-state index is 11.1. The Bertz CT molecular complexity index is 762. The van der Waals surface area contributed by atoms with Crippen LogP contribution in [-0.4, -0.2) is 26.7 Å². The molecule has 3 aromatic rings. The highest BCUT2D eigenvalue weighted by Crippen LogP contribution is 2.40. The molecule has 0 amide bonds. The number of nitrogens with one attached hydrogen (secondary N) is 1. The molecule has 0 saturated heterocycles. The first-order valence-corrected chi connectivity index (χ1v) is 6.69. The predicted octanol–water partition coefficient (Wildman–Crippen LogP) is 1.95. The maximum Gasteiger partial charge on any atom is 0.439 e. The normalized spacial score (nSPS) is 10.7. The average molecular weight is 290 g/mol. The maximum atomic E-state index is 11.1. The van der Waals surface area contributed by atoms with Crippen molar-refractivity contribution in [2.45, 2.75) is 6.92 Å². The molecule has 0 aliphatic carbocycles. The zero-order chi connectivity index (χ0) is 13.9. The van der Waals surface area contributed by atoms with Crippen LogP contribution in [0.15, 0.2) is 34.0 Å². The lowest BCUT2D eigenvalue weighted by atomic mass is 10.3.